The number of carbonyl (C=O) groups excluding carboxylic acids is 2. The van der Waals surface area contributed by atoms with Crippen molar-refractivity contribution >= 4 is 17.7 Å². The van der Waals surface area contributed by atoms with Crippen molar-refractivity contribution in [3.05, 3.63) is 30.3 Å². The van der Waals surface area contributed by atoms with Gasteiger partial charge in [0.15, 0.2) is 0 Å². The highest BCUT2D eigenvalue weighted by atomic mass is 16.6. The van der Waals surface area contributed by atoms with Crippen LogP contribution in [0.3, 0.4) is 0 Å². The number of benzene rings is 1. The molecule has 0 aliphatic carbocycles. The summed E-state index contributed by atoms with van der Waals surface area (Å²) in [5.41, 5.74) is 0.855. The Hall–Kier alpha value is -2.08. The maximum atomic E-state index is 12.1. The number of carbonyl (C=O) groups is 2. The third-order valence-electron chi connectivity index (χ3n) is 4.53. The van der Waals surface area contributed by atoms with Gasteiger partial charge in [-0.25, -0.2) is 4.79 Å². The number of hydrogen-bond donors (Lipinski definition) is 0. The second-order valence-electron chi connectivity index (χ2n) is 6.30. The van der Waals surface area contributed by atoms with Gasteiger partial charge in [0.25, 0.3) is 0 Å². The SMILES string of the molecule is CCOC(=O)[C@H]1CCCN(C[C@H]2CN(c3ccccc3)C(=O)O2)C1. The zero-order chi connectivity index (χ0) is 16.9. The predicted octanol–water partition coefficient (Wildman–Crippen LogP) is 2.29. The number of ether oxygens (including phenoxy) is 2. The minimum absolute atomic E-state index is 0.0685. The summed E-state index contributed by atoms with van der Waals surface area (Å²) in [7, 11) is 0. The molecule has 6 nitrogen and oxygen atoms in total. The number of hydrogen-bond acceptors (Lipinski definition) is 5. The average Bonchev–Trinajstić information content (AvgIpc) is 2.96. The number of likely N-dealkylation sites (tertiary alicyclic amines) is 1. The first-order valence-corrected chi connectivity index (χ1v) is 8.59. The highest BCUT2D eigenvalue weighted by Gasteiger charge is 2.35. The molecule has 2 saturated heterocycles. The lowest BCUT2D eigenvalue weighted by Gasteiger charge is -2.32. The van der Waals surface area contributed by atoms with Crippen LogP contribution in [0.25, 0.3) is 0 Å². The van der Waals surface area contributed by atoms with Crippen LogP contribution in [0.15, 0.2) is 30.3 Å². The molecule has 24 heavy (non-hydrogen) atoms. The van der Waals surface area contributed by atoms with Gasteiger partial charge < -0.3 is 9.47 Å². The van der Waals surface area contributed by atoms with Crippen molar-refractivity contribution in [3.8, 4) is 0 Å². The van der Waals surface area contributed by atoms with Gasteiger partial charge in [0.05, 0.1) is 19.1 Å². The first kappa shape index (κ1) is 16.8. The molecule has 2 fully saturated rings. The summed E-state index contributed by atoms with van der Waals surface area (Å²) < 4.78 is 10.6. The van der Waals surface area contributed by atoms with Gasteiger partial charge in [-0.2, -0.15) is 0 Å². The van der Waals surface area contributed by atoms with Crippen molar-refractivity contribution in [2.24, 2.45) is 5.92 Å². The number of rotatable bonds is 5. The van der Waals surface area contributed by atoms with E-state index in [1.807, 2.05) is 37.3 Å². The zero-order valence-electron chi connectivity index (χ0n) is 14.0. The van der Waals surface area contributed by atoms with Crippen LogP contribution in [-0.2, 0) is 14.3 Å². The number of nitrogens with zero attached hydrogens (tertiary/aromatic N) is 2. The van der Waals surface area contributed by atoms with Crippen molar-refractivity contribution in [2.45, 2.75) is 25.9 Å². The molecule has 1 aromatic carbocycles. The zero-order valence-corrected chi connectivity index (χ0v) is 14.0. The van der Waals surface area contributed by atoms with Crippen molar-refractivity contribution < 1.29 is 19.1 Å². The van der Waals surface area contributed by atoms with E-state index in [0.29, 0.717) is 26.2 Å². The van der Waals surface area contributed by atoms with Gasteiger partial charge in [0.2, 0.25) is 0 Å². The van der Waals surface area contributed by atoms with E-state index in [0.717, 1.165) is 25.1 Å². The summed E-state index contributed by atoms with van der Waals surface area (Å²) in [6.07, 6.45) is 1.37. The van der Waals surface area contributed by atoms with E-state index in [9.17, 15) is 9.59 Å². The Morgan fingerprint density at radius 3 is 2.83 bits per heavy atom. The molecular formula is C18H24N2O4. The largest absolute Gasteiger partial charge is 0.466 e. The van der Waals surface area contributed by atoms with Crippen molar-refractivity contribution in [1.82, 2.24) is 4.90 Å². The van der Waals surface area contributed by atoms with Crippen LogP contribution in [0.1, 0.15) is 19.8 Å². The second kappa shape index (κ2) is 7.66. The van der Waals surface area contributed by atoms with Crippen molar-refractivity contribution in [1.29, 1.82) is 0 Å². The molecule has 2 aliphatic heterocycles. The number of piperidine rings is 1. The molecule has 3 rings (SSSR count). The van der Waals surface area contributed by atoms with Crippen LogP contribution in [0.2, 0.25) is 0 Å². The lowest BCUT2D eigenvalue weighted by molar-refractivity contribution is -0.150. The van der Waals surface area contributed by atoms with Crippen molar-refractivity contribution in [3.63, 3.8) is 0 Å². The van der Waals surface area contributed by atoms with E-state index in [1.165, 1.54) is 0 Å². The Morgan fingerprint density at radius 2 is 2.08 bits per heavy atom. The second-order valence-corrected chi connectivity index (χ2v) is 6.30. The summed E-state index contributed by atoms with van der Waals surface area (Å²) in [5.74, 6) is -0.183. The minimum atomic E-state index is -0.301. The topological polar surface area (TPSA) is 59.1 Å². The van der Waals surface area contributed by atoms with Gasteiger partial charge in [-0.05, 0) is 38.4 Å². The Balaban J connectivity index is 1.55. The average molecular weight is 332 g/mol. The van der Waals surface area contributed by atoms with Crippen molar-refractivity contribution in [2.75, 3.05) is 37.7 Å². The number of anilines is 1. The summed E-state index contributed by atoms with van der Waals surface area (Å²) in [5, 5.41) is 0. The van der Waals surface area contributed by atoms with E-state index in [2.05, 4.69) is 4.90 Å². The molecule has 0 saturated carbocycles. The van der Waals surface area contributed by atoms with Gasteiger partial charge in [-0.1, -0.05) is 18.2 Å². The highest BCUT2D eigenvalue weighted by Crippen LogP contribution is 2.23. The molecular weight excluding hydrogens is 308 g/mol. The summed E-state index contributed by atoms with van der Waals surface area (Å²) in [6, 6.07) is 9.54. The molecule has 2 heterocycles. The number of esters is 1. The number of cyclic esters (lactones) is 1. The first-order valence-electron chi connectivity index (χ1n) is 8.59. The third-order valence-corrected chi connectivity index (χ3v) is 4.53. The summed E-state index contributed by atoms with van der Waals surface area (Å²) in [4.78, 5) is 27.9. The lowest BCUT2D eigenvalue weighted by Crippen LogP contribution is -2.43. The molecule has 1 aromatic rings. The quantitative estimate of drug-likeness (QED) is 0.774. The smallest absolute Gasteiger partial charge is 0.414 e. The molecule has 130 valence electrons. The Morgan fingerprint density at radius 1 is 1.29 bits per heavy atom. The summed E-state index contributed by atoms with van der Waals surface area (Å²) >= 11 is 0. The maximum Gasteiger partial charge on any atom is 0.414 e. The molecule has 0 bridgehead atoms. The Labute approximate surface area is 142 Å². The molecule has 0 N–H and O–H groups in total. The molecule has 1 amide bonds. The Kier molecular flexibility index (Phi) is 5.35. The van der Waals surface area contributed by atoms with Crippen LogP contribution < -0.4 is 4.90 Å². The van der Waals surface area contributed by atoms with Crippen LogP contribution in [-0.4, -0.2) is 55.9 Å². The van der Waals surface area contributed by atoms with Gasteiger partial charge >= 0.3 is 12.1 Å². The Bertz CT molecular complexity index is 578. The van der Waals surface area contributed by atoms with E-state index in [-0.39, 0.29) is 24.1 Å². The van der Waals surface area contributed by atoms with E-state index in [1.54, 1.807) is 4.90 Å². The van der Waals surface area contributed by atoms with E-state index < -0.39 is 0 Å². The van der Waals surface area contributed by atoms with Crippen LogP contribution in [0.5, 0.6) is 0 Å². The molecule has 0 aromatic heterocycles. The molecule has 2 atom stereocenters. The number of para-hydroxylation sites is 1. The van der Waals surface area contributed by atoms with Crippen LogP contribution >= 0.6 is 0 Å². The molecule has 2 aliphatic rings. The molecule has 6 heteroatoms. The monoisotopic (exact) mass is 332 g/mol. The lowest BCUT2D eigenvalue weighted by atomic mass is 9.98. The minimum Gasteiger partial charge on any atom is -0.466 e. The molecule has 0 unspecified atom stereocenters. The van der Waals surface area contributed by atoms with E-state index in [4.69, 9.17) is 9.47 Å². The number of amides is 1. The maximum absolute atomic E-state index is 12.1. The highest BCUT2D eigenvalue weighted by molar-refractivity contribution is 5.89. The fourth-order valence-corrected chi connectivity index (χ4v) is 3.40. The normalized spacial score (nSPS) is 24.7. The van der Waals surface area contributed by atoms with Crippen LogP contribution in [0, 0.1) is 5.92 Å². The van der Waals surface area contributed by atoms with Gasteiger partial charge in [-0.15, -0.1) is 0 Å². The molecule has 0 radical (unpaired) electrons. The van der Waals surface area contributed by atoms with E-state index >= 15 is 0 Å². The van der Waals surface area contributed by atoms with Gasteiger partial charge in [-0.3, -0.25) is 14.6 Å². The molecule has 0 spiro atoms. The fourth-order valence-electron chi connectivity index (χ4n) is 3.40. The standard InChI is InChI=1S/C18H24N2O4/c1-2-23-17(21)14-7-6-10-19(11-14)12-16-13-20(18(22)24-16)15-8-4-3-5-9-15/h3-5,8-9,14,16H,2,6-7,10-13H2,1H3/t14-,16-/m0/s1. The van der Waals surface area contributed by atoms with Gasteiger partial charge in [0.1, 0.15) is 6.10 Å². The summed E-state index contributed by atoms with van der Waals surface area (Å²) in [6.45, 7) is 5.05. The third kappa shape index (κ3) is 3.87. The van der Waals surface area contributed by atoms with Crippen LogP contribution in [0.4, 0.5) is 10.5 Å². The predicted molar refractivity (Wildman–Crippen MR) is 89.9 cm³/mol. The fraction of sp³-hybridized carbons (Fsp3) is 0.556. The van der Waals surface area contributed by atoms with Gasteiger partial charge in [0, 0.05) is 18.8 Å². The first-order chi connectivity index (χ1) is 11.7.